The van der Waals surface area contributed by atoms with Crippen LogP contribution in [0, 0.1) is 18.3 Å². The minimum absolute atomic E-state index is 0.237. The standard InChI is InChI=1S/C13H12ClN3O/c1-9-12(8-15)13(7-14)17(16-9)10-4-3-5-11(6-10)18-2/h3-6H,7H2,1-2H3. The van der Waals surface area contributed by atoms with Gasteiger partial charge in [0.25, 0.3) is 0 Å². The fourth-order valence-electron chi connectivity index (χ4n) is 1.80. The first-order valence-electron chi connectivity index (χ1n) is 5.40. The molecule has 5 heteroatoms. The third-order valence-corrected chi connectivity index (χ3v) is 2.95. The van der Waals surface area contributed by atoms with Gasteiger partial charge in [0.1, 0.15) is 11.8 Å². The molecule has 0 bridgehead atoms. The van der Waals surface area contributed by atoms with E-state index >= 15 is 0 Å². The molecule has 18 heavy (non-hydrogen) atoms. The summed E-state index contributed by atoms with van der Waals surface area (Å²) >= 11 is 5.91. The van der Waals surface area contributed by atoms with E-state index in [-0.39, 0.29) is 5.88 Å². The van der Waals surface area contributed by atoms with E-state index in [0.29, 0.717) is 17.0 Å². The third kappa shape index (κ3) is 2.05. The SMILES string of the molecule is COc1cccc(-n2nc(C)c(C#N)c2CCl)c1. The van der Waals surface area contributed by atoms with Crippen molar-refractivity contribution in [3.63, 3.8) is 0 Å². The number of methoxy groups -OCH3 is 1. The van der Waals surface area contributed by atoms with Gasteiger partial charge in [0.15, 0.2) is 0 Å². The number of hydrogen-bond acceptors (Lipinski definition) is 3. The molecule has 2 rings (SSSR count). The molecule has 0 N–H and O–H groups in total. The van der Waals surface area contributed by atoms with Crippen molar-refractivity contribution in [2.24, 2.45) is 0 Å². The molecule has 0 spiro atoms. The van der Waals surface area contributed by atoms with Crippen LogP contribution in [-0.2, 0) is 5.88 Å². The van der Waals surface area contributed by atoms with Crippen LogP contribution in [0.4, 0.5) is 0 Å². The highest BCUT2D eigenvalue weighted by atomic mass is 35.5. The zero-order chi connectivity index (χ0) is 13.1. The zero-order valence-electron chi connectivity index (χ0n) is 10.1. The number of aryl methyl sites for hydroxylation is 1. The highest BCUT2D eigenvalue weighted by Gasteiger charge is 2.15. The number of hydrogen-bond donors (Lipinski definition) is 0. The quantitative estimate of drug-likeness (QED) is 0.799. The molecule has 0 aliphatic rings. The molecule has 2 aromatic rings. The highest BCUT2D eigenvalue weighted by Crippen LogP contribution is 2.22. The number of nitriles is 1. The molecule has 0 atom stereocenters. The van der Waals surface area contributed by atoms with Crippen LogP contribution >= 0.6 is 11.6 Å². The van der Waals surface area contributed by atoms with Gasteiger partial charge in [-0.3, -0.25) is 0 Å². The Hall–Kier alpha value is -1.99. The summed E-state index contributed by atoms with van der Waals surface area (Å²) in [5.41, 5.74) is 2.74. The third-order valence-electron chi connectivity index (χ3n) is 2.69. The van der Waals surface area contributed by atoms with E-state index in [2.05, 4.69) is 11.2 Å². The second-order valence-corrected chi connectivity index (χ2v) is 4.03. The summed E-state index contributed by atoms with van der Waals surface area (Å²) in [6.07, 6.45) is 0. The lowest BCUT2D eigenvalue weighted by molar-refractivity contribution is 0.414. The predicted octanol–water partition coefficient (Wildman–Crippen LogP) is 2.80. The first-order chi connectivity index (χ1) is 8.71. The van der Waals surface area contributed by atoms with Crippen LogP contribution in [0.5, 0.6) is 5.75 Å². The summed E-state index contributed by atoms with van der Waals surface area (Å²) in [7, 11) is 1.61. The van der Waals surface area contributed by atoms with E-state index in [4.69, 9.17) is 21.6 Å². The van der Waals surface area contributed by atoms with Crippen molar-refractivity contribution in [1.82, 2.24) is 9.78 Å². The molecule has 1 heterocycles. The number of alkyl halides is 1. The fraction of sp³-hybridized carbons (Fsp3) is 0.231. The van der Waals surface area contributed by atoms with Gasteiger partial charge < -0.3 is 4.74 Å². The summed E-state index contributed by atoms with van der Waals surface area (Å²) in [4.78, 5) is 0. The first-order valence-corrected chi connectivity index (χ1v) is 5.93. The molecule has 0 fully saturated rings. The van der Waals surface area contributed by atoms with E-state index in [1.807, 2.05) is 24.3 Å². The maximum absolute atomic E-state index is 9.10. The van der Waals surface area contributed by atoms with Crippen LogP contribution in [0.3, 0.4) is 0 Å². The van der Waals surface area contributed by atoms with E-state index < -0.39 is 0 Å². The molecular weight excluding hydrogens is 250 g/mol. The normalized spacial score (nSPS) is 10.1. The van der Waals surface area contributed by atoms with Crippen molar-refractivity contribution >= 4 is 11.6 Å². The Morgan fingerprint density at radius 1 is 1.50 bits per heavy atom. The topological polar surface area (TPSA) is 50.8 Å². The lowest BCUT2D eigenvalue weighted by atomic mass is 10.2. The van der Waals surface area contributed by atoms with E-state index in [0.717, 1.165) is 11.4 Å². The summed E-state index contributed by atoms with van der Waals surface area (Å²) in [6.45, 7) is 1.80. The average Bonchev–Trinajstić information content (AvgIpc) is 2.74. The summed E-state index contributed by atoms with van der Waals surface area (Å²) in [6, 6.07) is 9.60. The van der Waals surface area contributed by atoms with Gasteiger partial charge in [0, 0.05) is 6.07 Å². The van der Waals surface area contributed by atoms with Crippen LogP contribution < -0.4 is 4.74 Å². The lowest BCUT2D eigenvalue weighted by Gasteiger charge is -2.07. The van der Waals surface area contributed by atoms with Crippen LogP contribution in [0.1, 0.15) is 17.0 Å². The van der Waals surface area contributed by atoms with Crippen LogP contribution in [-0.4, -0.2) is 16.9 Å². The minimum atomic E-state index is 0.237. The molecule has 0 aliphatic heterocycles. The molecule has 1 aromatic heterocycles. The number of aromatic nitrogens is 2. The Morgan fingerprint density at radius 2 is 2.28 bits per heavy atom. The van der Waals surface area contributed by atoms with E-state index in [1.54, 1.807) is 18.7 Å². The molecule has 1 aromatic carbocycles. The highest BCUT2D eigenvalue weighted by molar-refractivity contribution is 6.17. The van der Waals surface area contributed by atoms with E-state index in [9.17, 15) is 0 Å². The van der Waals surface area contributed by atoms with Gasteiger partial charge >= 0.3 is 0 Å². The van der Waals surface area contributed by atoms with Crippen molar-refractivity contribution in [1.29, 1.82) is 5.26 Å². The Labute approximate surface area is 110 Å². The number of ether oxygens (including phenoxy) is 1. The minimum Gasteiger partial charge on any atom is -0.497 e. The largest absolute Gasteiger partial charge is 0.497 e. The number of benzene rings is 1. The van der Waals surface area contributed by atoms with Gasteiger partial charge in [-0.2, -0.15) is 10.4 Å². The van der Waals surface area contributed by atoms with Gasteiger partial charge in [-0.1, -0.05) is 6.07 Å². The van der Waals surface area contributed by atoms with Crippen molar-refractivity contribution < 1.29 is 4.74 Å². The van der Waals surface area contributed by atoms with Crippen LogP contribution in [0.25, 0.3) is 5.69 Å². The molecule has 0 amide bonds. The van der Waals surface area contributed by atoms with Gasteiger partial charge in [-0.25, -0.2) is 4.68 Å². The van der Waals surface area contributed by atoms with Crippen LogP contribution in [0.15, 0.2) is 24.3 Å². The second-order valence-electron chi connectivity index (χ2n) is 3.77. The maximum atomic E-state index is 9.10. The Kier molecular flexibility index (Phi) is 3.54. The van der Waals surface area contributed by atoms with Crippen molar-refractivity contribution in [2.75, 3.05) is 7.11 Å². The molecule has 92 valence electrons. The Bertz CT molecular complexity index is 613. The van der Waals surface area contributed by atoms with Crippen molar-refractivity contribution in [2.45, 2.75) is 12.8 Å². The van der Waals surface area contributed by atoms with Gasteiger partial charge in [0.2, 0.25) is 0 Å². The molecule has 0 radical (unpaired) electrons. The van der Waals surface area contributed by atoms with Gasteiger partial charge in [0.05, 0.1) is 35.6 Å². The summed E-state index contributed by atoms with van der Waals surface area (Å²) < 4.78 is 6.86. The van der Waals surface area contributed by atoms with E-state index in [1.165, 1.54) is 0 Å². The molecule has 0 aliphatic carbocycles. The van der Waals surface area contributed by atoms with Gasteiger partial charge in [-0.05, 0) is 19.1 Å². The Balaban J connectivity index is 2.60. The monoisotopic (exact) mass is 261 g/mol. The summed E-state index contributed by atoms with van der Waals surface area (Å²) in [5.74, 6) is 0.973. The zero-order valence-corrected chi connectivity index (χ0v) is 10.9. The lowest BCUT2D eigenvalue weighted by Crippen LogP contribution is -2.01. The van der Waals surface area contributed by atoms with Crippen molar-refractivity contribution in [3.8, 4) is 17.5 Å². The van der Waals surface area contributed by atoms with Crippen LogP contribution in [0.2, 0.25) is 0 Å². The average molecular weight is 262 g/mol. The number of halogens is 1. The number of rotatable bonds is 3. The second kappa shape index (κ2) is 5.11. The number of nitrogens with zero attached hydrogens (tertiary/aromatic N) is 3. The van der Waals surface area contributed by atoms with Gasteiger partial charge in [-0.15, -0.1) is 11.6 Å². The summed E-state index contributed by atoms with van der Waals surface area (Å²) in [5, 5.41) is 13.5. The van der Waals surface area contributed by atoms with Crippen molar-refractivity contribution in [3.05, 3.63) is 41.2 Å². The molecule has 4 nitrogen and oxygen atoms in total. The molecule has 0 saturated heterocycles. The Morgan fingerprint density at radius 3 is 2.89 bits per heavy atom. The maximum Gasteiger partial charge on any atom is 0.121 e. The smallest absolute Gasteiger partial charge is 0.121 e. The fourth-order valence-corrected chi connectivity index (χ4v) is 2.05. The molecule has 0 saturated carbocycles. The first kappa shape index (κ1) is 12.5. The predicted molar refractivity (Wildman–Crippen MR) is 69.1 cm³/mol. The molecule has 0 unspecified atom stereocenters. The molecular formula is C13H12ClN3O.